The summed E-state index contributed by atoms with van der Waals surface area (Å²) in [7, 11) is 1.58. The lowest BCUT2D eigenvalue weighted by atomic mass is 9.80. The highest BCUT2D eigenvalue weighted by atomic mass is 35.5. The van der Waals surface area contributed by atoms with Gasteiger partial charge in [0.05, 0.1) is 19.3 Å². The van der Waals surface area contributed by atoms with E-state index in [1.54, 1.807) is 13.2 Å². The molecule has 0 saturated carbocycles. The summed E-state index contributed by atoms with van der Waals surface area (Å²) in [5, 5.41) is 0. The number of rotatable bonds is 13. The number of methoxy groups -OCH3 is 1. The number of hydrogen-bond donors (Lipinski definition) is 0. The number of carbonyl (C=O) groups is 3. The van der Waals surface area contributed by atoms with Crippen LogP contribution in [0.1, 0.15) is 77.2 Å². The van der Waals surface area contributed by atoms with Crippen molar-refractivity contribution in [1.82, 2.24) is 4.90 Å². The van der Waals surface area contributed by atoms with Crippen LogP contribution in [0.5, 0.6) is 0 Å². The van der Waals surface area contributed by atoms with Crippen LogP contribution in [-0.2, 0) is 33.3 Å². The first-order valence-electron chi connectivity index (χ1n) is 15.7. The molecule has 10 heteroatoms. The normalized spacial score (nSPS) is 27.3. The minimum atomic E-state index is -1.06. The van der Waals surface area contributed by atoms with Crippen molar-refractivity contribution >= 4 is 41.4 Å². The second kappa shape index (κ2) is 16.2. The van der Waals surface area contributed by atoms with Crippen LogP contribution >= 0.6 is 11.6 Å². The molecule has 1 aromatic carbocycles. The number of ether oxygens (including phenoxy) is 4. The van der Waals surface area contributed by atoms with Gasteiger partial charge in [-0.3, -0.25) is 14.4 Å². The van der Waals surface area contributed by atoms with Crippen molar-refractivity contribution in [2.45, 2.75) is 102 Å². The molecule has 0 N–H and O–H groups in total. The van der Waals surface area contributed by atoms with Gasteiger partial charge >= 0.3 is 11.9 Å². The fourth-order valence-corrected chi connectivity index (χ4v) is 6.59. The molecule has 1 spiro atoms. The standard InChI is InChI=1S/C34H45ClN2O7/c1-4-28(43-30(39)23-35)17-9-8-16-27(38)22-26-18-19-29-31(32(40)42-21-11-15-25-13-6-5-7-14-25)34(20-10-12-24(2)44-34)36-33(41-3)37(26)29/h5-7,9,11,13-15,17,24,26,28-29,31H,4,8,10,12,16,18-23H2,1-3H3/b15-11+,17-9-/t24-,26+,28+,29-,31?,34-/m1/s1. The number of ketones is 1. The Morgan fingerprint density at radius 1 is 1.18 bits per heavy atom. The number of amidine groups is 1. The lowest BCUT2D eigenvalue weighted by Crippen LogP contribution is -2.62. The van der Waals surface area contributed by atoms with Crippen molar-refractivity contribution in [3.8, 4) is 0 Å². The molecule has 0 radical (unpaired) electrons. The van der Waals surface area contributed by atoms with Crippen LogP contribution in [0.3, 0.4) is 0 Å². The summed E-state index contributed by atoms with van der Waals surface area (Å²) in [4.78, 5) is 45.4. The van der Waals surface area contributed by atoms with E-state index in [1.807, 2.05) is 67.3 Å². The van der Waals surface area contributed by atoms with Crippen LogP contribution < -0.4 is 0 Å². The highest BCUT2D eigenvalue weighted by Crippen LogP contribution is 2.47. The summed E-state index contributed by atoms with van der Waals surface area (Å²) in [6, 6.07) is 9.87. The molecular weight excluding hydrogens is 584 g/mol. The molecule has 9 nitrogen and oxygen atoms in total. The maximum Gasteiger partial charge on any atom is 0.321 e. The molecule has 3 aliphatic heterocycles. The zero-order chi connectivity index (χ0) is 31.5. The van der Waals surface area contributed by atoms with Crippen LogP contribution in [-0.4, -0.2) is 78.3 Å². The van der Waals surface area contributed by atoms with Gasteiger partial charge in [-0.2, -0.15) is 4.99 Å². The van der Waals surface area contributed by atoms with E-state index in [0.717, 1.165) is 24.8 Å². The van der Waals surface area contributed by atoms with Gasteiger partial charge in [-0.25, -0.2) is 0 Å². The van der Waals surface area contributed by atoms with E-state index < -0.39 is 17.6 Å². The van der Waals surface area contributed by atoms with E-state index in [9.17, 15) is 14.4 Å². The van der Waals surface area contributed by atoms with E-state index in [0.29, 0.717) is 44.5 Å². The van der Waals surface area contributed by atoms with Crippen molar-refractivity contribution < 1.29 is 33.3 Å². The lowest BCUT2D eigenvalue weighted by Gasteiger charge is -2.49. The number of nitrogens with zero attached hydrogens (tertiary/aromatic N) is 2. The number of aliphatic imine (C=N–C) groups is 1. The number of fused-ring (bicyclic) bond motifs is 1. The number of allylic oxidation sites excluding steroid dienone is 1. The third kappa shape index (κ3) is 8.51. The summed E-state index contributed by atoms with van der Waals surface area (Å²) in [5.41, 5.74) is -0.0297. The Balaban J connectivity index is 1.44. The fraction of sp³-hybridized carbons (Fsp3) is 0.588. The SMILES string of the molecule is CC[C@@H](/C=C\CCC(=O)C[C@@H]1CC[C@@H]2C(C(=O)OC/C=C/c3ccccc3)[C@]3(CCC[C@@H](C)O3)N=C(OC)N12)OC(=O)CCl. The molecule has 3 heterocycles. The van der Waals surface area contributed by atoms with Crippen molar-refractivity contribution in [3.05, 3.63) is 54.1 Å². The van der Waals surface area contributed by atoms with E-state index in [2.05, 4.69) is 0 Å². The average molecular weight is 629 g/mol. The fourth-order valence-electron chi connectivity index (χ4n) is 6.52. The lowest BCUT2D eigenvalue weighted by molar-refractivity contribution is -0.191. The number of hydrogen-bond acceptors (Lipinski definition) is 9. The molecule has 44 heavy (non-hydrogen) atoms. The molecule has 240 valence electrons. The van der Waals surface area contributed by atoms with Gasteiger partial charge in [0, 0.05) is 18.9 Å². The van der Waals surface area contributed by atoms with E-state index in [1.165, 1.54) is 0 Å². The molecule has 3 aliphatic rings. The monoisotopic (exact) mass is 628 g/mol. The summed E-state index contributed by atoms with van der Waals surface area (Å²) in [5.74, 6) is -1.53. The summed E-state index contributed by atoms with van der Waals surface area (Å²) in [6.07, 6.45) is 12.7. The van der Waals surface area contributed by atoms with Crippen LogP contribution in [0.15, 0.2) is 53.6 Å². The Morgan fingerprint density at radius 3 is 2.68 bits per heavy atom. The Kier molecular flexibility index (Phi) is 12.4. The zero-order valence-electron chi connectivity index (χ0n) is 26.0. The summed E-state index contributed by atoms with van der Waals surface area (Å²) >= 11 is 5.53. The van der Waals surface area contributed by atoms with Gasteiger partial charge in [-0.15, -0.1) is 11.6 Å². The predicted molar refractivity (Wildman–Crippen MR) is 169 cm³/mol. The Labute approximate surface area is 265 Å². The first-order chi connectivity index (χ1) is 21.3. The number of esters is 2. The van der Waals surface area contributed by atoms with Crippen molar-refractivity contribution in [3.63, 3.8) is 0 Å². The van der Waals surface area contributed by atoms with E-state index >= 15 is 0 Å². The van der Waals surface area contributed by atoms with Gasteiger partial charge in [0.25, 0.3) is 6.02 Å². The second-order valence-corrected chi connectivity index (χ2v) is 11.9. The van der Waals surface area contributed by atoms with Gasteiger partial charge in [-0.1, -0.05) is 49.4 Å². The molecule has 1 unspecified atom stereocenters. The molecule has 2 saturated heterocycles. The Hall–Kier alpha value is -3.17. The van der Waals surface area contributed by atoms with Crippen LogP contribution in [0.25, 0.3) is 6.08 Å². The largest absolute Gasteiger partial charge is 0.468 e. The third-order valence-corrected chi connectivity index (χ3v) is 8.76. The molecule has 0 bridgehead atoms. The highest BCUT2D eigenvalue weighted by molar-refractivity contribution is 6.26. The highest BCUT2D eigenvalue weighted by Gasteiger charge is 2.59. The zero-order valence-corrected chi connectivity index (χ0v) is 26.7. The number of benzene rings is 1. The van der Waals surface area contributed by atoms with Gasteiger partial charge in [0.1, 0.15) is 30.3 Å². The van der Waals surface area contributed by atoms with Crippen molar-refractivity contribution in [1.29, 1.82) is 0 Å². The maximum atomic E-state index is 13.8. The van der Waals surface area contributed by atoms with E-state index in [-0.39, 0.29) is 48.5 Å². The first-order valence-corrected chi connectivity index (χ1v) is 16.3. The molecule has 4 rings (SSSR count). The number of alkyl halides is 1. The van der Waals surface area contributed by atoms with Gasteiger partial charge < -0.3 is 23.8 Å². The van der Waals surface area contributed by atoms with Crippen LogP contribution in [0.4, 0.5) is 0 Å². The number of Topliss-reactive ketones (excluding diaryl/α,β-unsaturated/α-hetero) is 1. The number of halogens is 1. The summed E-state index contributed by atoms with van der Waals surface area (Å²) in [6.45, 7) is 4.07. The van der Waals surface area contributed by atoms with Crippen molar-refractivity contribution in [2.75, 3.05) is 19.6 Å². The molecule has 6 atom stereocenters. The molecule has 0 amide bonds. The molecular formula is C34H45ClN2O7. The minimum absolute atomic E-state index is 0.0528. The molecule has 1 aromatic rings. The average Bonchev–Trinajstić information content (AvgIpc) is 3.43. The molecule has 2 fully saturated rings. The number of carbonyl (C=O) groups excluding carboxylic acids is 3. The van der Waals surface area contributed by atoms with Crippen molar-refractivity contribution in [2.24, 2.45) is 10.9 Å². The van der Waals surface area contributed by atoms with Crippen LogP contribution in [0, 0.1) is 5.92 Å². The Bertz CT molecular complexity index is 1220. The van der Waals surface area contributed by atoms with Gasteiger partial charge in [0.15, 0.2) is 5.72 Å². The third-order valence-electron chi connectivity index (χ3n) is 8.54. The first kappa shape index (κ1) is 33.7. The minimum Gasteiger partial charge on any atom is -0.468 e. The smallest absolute Gasteiger partial charge is 0.321 e. The Morgan fingerprint density at radius 2 is 1.98 bits per heavy atom. The predicted octanol–water partition coefficient (Wildman–Crippen LogP) is 5.85. The van der Waals surface area contributed by atoms with Gasteiger partial charge in [0.2, 0.25) is 0 Å². The van der Waals surface area contributed by atoms with E-state index in [4.69, 9.17) is 35.5 Å². The summed E-state index contributed by atoms with van der Waals surface area (Å²) < 4.78 is 23.4. The van der Waals surface area contributed by atoms with Crippen LogP contribution in [0.2, 0.25) is 0 Å². The quantitative estimate of drug-likeness (QED) is 0.152. The molecule has 0 aliphatic carbocycles. The second-order valence-electron chi connectivity index (χ2n) is 11.7. The van der Waals surface area contributed by atoms with Gasteiger partial charge in [-0.05, 0) is 69.6 Å². The maximum absolute atomic E-state index is 13.8. The topological polar surface area (TPSA) is 104 Å². The molecule has 0 aromatic heterocycles.